The molecule has 0 aliphatic carbocycles. The molecule has 0 saturated carbocycles. The quantitative estimate of drug-likeness (QED) is 0.904. The van der Waals surface area contributed by atoms with Crippen LogP contribution in [0.1, 0.15) is 37.7 Å². The molecule has 0 bridgehead atoms. The largest absolute Gasteiger partial charge is 0.496 e. The second kappa shape index (κ2) is 6.70. The number of ether oxygens (including phenoxy) is 2. The number of carboxylic acid groups (broad SMARTS) is 1. The first-order valence-corrected chi connectivity index (χ1v) is 7.32. The number of piperidine rings is 1. The Morgan fingerprint density at radius 3 is 2.29 bits per heavy atom. The van der Waals surface area contributed by atoms with E-state index >= 15 is 0 Å². The molecule has 5 heteroatoms. The van der Waals surface area contributed by atoms with Gasteiger partial charge >= 0.3 is 5.97 Å². The van der Waals surface area contributed by atoms with Crippen molar-refractivity contribution in [2.24, 2.45) is 0 Å². The summed E-state index contributed by atoms with van der Waals surface area (Å²) in [5.74, 6) is -0.197. The SMILES string of the molecule is COc1cc(N2CCCCC2)c(OC)cc1C(C)C(=O)O. The normalized spacial score (nSPS) is 16.4. The Labute approximate surface area is 125 Å². The molecule has 5 nitrogen and oxygen atoms in total. The average Bonchev–Trinajstić information content (AvgIpc) is 2.53. The van der Waals surface area contributed by atoms with Crippen LogP contribution in [0.2, 0.25) is 0 Å². The lowest BCUT2D eigenvalue weighted by atomic mass is 9.98. The van der Waals surface area contributed by atoms with Crippen LogP contribution in [-0.4, -0.2) is 38.4 Å². The summed E-state index contributed by atoms with van der Waals surface area (Å²) < 4.78 is 10.9. The van der Waals surface area contributed by atoms with Crippen LogP contribution in [0, 0.1) is 0 Å². The highest BCUT2D eigenvalue weighted by atomic mass is 16.5. The number of carboxylic acids is 1. The molecule has 0 amide bonds. The van der Waals surface area contributed by atoms with Crippen LogP contribution < -0.4 is 14.4 Å². The Morgan fingerprint density at radius 1 is 1.14 bits per heavy atom. The Hall–Kier alpha value is -1.91. The summed E-state index contributed by atoms with van der Waals surface area (Å²) in [5, 5.41) is 9.23. The van der Waals surface area contributed by atoms with Crippen LogP contribution in [0.3, 0.4) is 0 Å². The third-order valence-corrected chi connectivity index (χ3v) is 4.06. The minimum Gasteiger partial charge on any atom is -0.496 e. The maximum atomic E-state index is 11.2. The number of nitrogens with zero attached hydrogens (tertiary/aromatic N) is 1. The van der Waals surface area contributed by atoms with Gasteiger partial charge in [-0.15, -0.1) is 0 Å². The van der Waals surface area contributed by atoms with Crippen molar-refractivity contribution in [2.45, 2.75) is 32.1 Å². The van der Waals surface area contributed by atoms with Crippen LogP contribution in [0.15, 0.2) is 12.1 Å². The summed E-state index contributed by atoms with van der Waals surface area (Å²) in [7, 11) is 3.18. The summed E-state index contributed by atoms with van der Waals surface area (Å²) in [6.07, 6.45) is 3.58. The van der Waals surface area contributed by atoms with Crippen LogP contribution in [0.4, 0.5) is 5.69 Å². The molecule has 1 N–H and O–H groups in total. The van der Waals surface area contributed by atoms with Crippen molar-refractivity contribution >= 4 is 11.7 Å². The molecule has 0 radical (unpaired) electrons. The van der Waals surface area contributed by atoms with Crippen molar-refractivity contribution in [3.05, 3.63) is 17.7 Å². The maximum Gasteiger partial charge on any atom is 0.310 e. The fraction of sp³-hybridized carbons (Fsp3) is 0.562. The predicted octanol–water partition coefficient (Wildman–Crippen LogP) is 2.88. The van der Waals surface area contributed by atoms with Gasteiger partial charge in [-0.1, -0.05) is 0 Å². The number of hydrogen-bond acceptors (Lipinski definition) is 4. The van der Waals surface area contributed by atoms with Crippen LogP contribution >= 0.6 is 0 Å². The summed E-state index contributed by atoms with van der Waals surface area (Å²) >= 11 is 0. The molecular formula is C16H23NO4. The van der Waals surface area contributed by atoms with Crippen LogP contribution in [-0.2, 0) is 4.79 Å². The molecule has 1 unspecified atom stereocenters. The second-order valence-corrected chi connectivity index (χ2v) is 5.37. The molecule has 1 aromatic carbocycles. The Bertz CT molecular complexity index is 509. The number of methoxy groups -OCH3 is 2. The van der Waals surface area contributed by atoms with Gasteiger partial charge in [0.25, 0.3) is 0 Å². The molecule has 1 aliphatic rings. The topological polar surface area (TPSA) is 59.0 Å². The summed E-state index contributed by atoms with van der Waals surface area (Å²) in [6.45, 7) is 3.64. The van der Waals surface area contributed by atoms with Gasteiger partial charge in [-0.25, -0.2) is 0 Å². The molecule has 2 rings (SSSR count). The van der Waals surface area contributed by atoms with E-state index in [1.165, 1.54) is 19.3 Å². The van der Waals surface area contributed by atoms with Crippen LogP contribution in [0.5, 0.6) is 11.5 Å². The molecule has 0 aromatic heterocycles. The first-order chi connectivity index (χ1) is 10.1. The molecule has 21 heavy (non-hydrogen) atoms. The van der Waals surface area contributed by atoms with Gasteiger partial charge in [0, 0.05) is 24.7 Å². The molecule has 0 spiro atoms. The standard InChI is InChI=1S/C16H23NO4/c1-11(16(18)19)12-9-15(21-3)13(10-14(12)20-2)17-7-5-4-6-8-17/h9-11H,4-8H2,1-3H3,(H,18,19). The lowest BCUT2D eigenvalue weighted by Crippen LogP contribution is -2.29. The van der Waals surface area contributed by atoms with Gasteiger partial charge in [0.05, 0.1) is 25.8 Å². The molecule has 1 heterocycles. The zero-order valence-electron chi connectivity index (χ0n) is 12.9. The van der Waals surface area contributed by atoms with Crippen molar-refractivity contribution in [3.8, 4) is 11.5 Å². The van der Waals surface area contributed by atoms with E-state index in [0.717, 1.165) is 18.8 Å². The maximum absolute atomic E-state index is 11.2. The van der Waals surface area contributed by atoms with Gasteiger partial charge < -0.3 is 19.5 Å². The van der Waals surface area contributed by atoms with Gasteiger partial charge in [0.15, 0.2) is 0 Å². The second-order valence-electron chi connectivity index (χ2n) is 5.37. The van der Waals surface area contributed by atoms with Crippen molar-refractivity contribution in [1.29, 1.82) is 0 Å². The van der Waals surface area contributed by atoms with Crippen molar-refractivity contribution in [1.82, 2.24) is 0 Å². The monoisotopic (exact) mass is 293 g/mol. The number of rotatable bonds is 5. The van der Waals surface area contributed by atoms with E-state index in [0.29, 0.717) is 17.1 Å². The molecular weight excluding hydrogens is 270 g/mol. The van der Waals surface area contributed by atoms with E-state index in [4.69, 9.17) is 9.47 Å². The van der Waals surface area contributed by atoms with Crippen molar-refractivity contribution < 1.29 is 19.4 Å². The fourth-order valence-electron chi connectivity index (χ4n) is 2.76. The smallest absolute Gasteiger partial charge is 0.310 e. The van der Waals surface area contributed by atoms with E-state index < -0.39 is 11.9 Å². The number of benzene rings is 1. The molecule has 1 aromatic rings. The highest BCUT2D eigenvalue weighted by molar-refractivity contribution is 5.78. The van der Waals surface area contributed by atoms with E-state index in [9.17, 15) is 9.90 Å². The Kier molecular flexibility index (Phi) is 4.94. The minimum absolute atomic E-state index is 0.603. The van der Waals surface area contributed by atoms with Gasteiger partial charge in [0.1, 0.15) is 11.5 Å². The van der Waals surface area contributed by atoms with Crippen molar-refractivity contribution in [3.63, 3.8) is 0 Å². The van der Waals surface area contributed by atoms with Gasteiger partial charge in [0.2, 0.25) is 0 Å². The van der Waals surface area contributed by atoms with E-state index in [-0.39, 0.29) is 0 Å². The first kappa shape index (κ1) is 15.5. The van der Waals surface area contributed by atoms with Crippen molar-refractivity contribution in [2.75, 3.05) is 32.2 Å². The molecule has 1 saturated heterocycles. The lowest BCUT2D eigenvalue weighted by Gasteiger charge is -2.31. The van der Waals surface area contributed by atoms with Gasteiger partial charge in [-0.05, 0) is 32.3 Å². The highest BCUT2D eigenvalue weighted by Gasteiger charge is 2.23. The molecule has 1 fully saturated rings. The highest BCUT2D eigenvalue weighted by Crippen LogP contribution is 2.39. The summed E-state index contributed by atoms with van der Waals surface area (Å²) in [6, 6.07) is 3.69. The summed E-state index contributed by atoms with van der Waals surface area (Å²) in [4.78, 5) is 13.5. The van der Waals surface area contributed by atoms with E-state index in [1.807, 2.05) is 6.07 Å². The number of anilines is 1. The third kappa shape index (κ3) is 3.23. The van der Waals surface area contributed by atoms with Gasteiger partial charge in [-0.2, -0.15) is 0 Å². The predicted molar refractivity (Wildman–Crippen MR) is 81.7 cm³/mol. The molecule has 1 aliphatic heterocycles. The molecule has 1 atom stereocenters. The summed E-state index contributed by atoms with van der Waals surface area (Å²) in [5.41, 5.74) is 1.62. The average molecular weight is 293 g/mol. The fourth-order valence-corrected chi connectivity index (χ4v) is 2.76. The number of aliphatic carboxylic acids is 1. The minimum atomic E-state index is -0.874. The Morgan fingerprint density at radius 2 is 1.76 bits per heavy atom. The lowest BCUT2D eigenvalue weighted by molar-refractivity contribution is -0.138. The number of hydrogen-bond donors (Lipinski definition) is 1. The van der Waals surface area contributed by atoms with E-state index in [2.05, 4.69) is 4.90 Å². The Balaban J connectivity index is 2.44. The van der Waals surface area contributed by atoms with Crippen LogP contribution in [0.25, 0.3) is 0 Å². The molecule has 116 valence electrons. The first-order valence-electron chi connectivity index (χ1n) is 7.32. The van der Waals surface area contributed by atoms with E-state index in [1.54, 1.807) is 27.2 Å². The van der Waals surface area contributed by atoms with Gasteiger partial charge in [-0.3, -0.25) is 4.79 Å². The third-order valence-electron chi connectivity index (χ3n) is 4.06. The zero-order valence-corrected chi connectivity index (χ0v) is 12.9. The zero-order chi connectivity index (χ0) is 15.4. The number of carbonyl (C=O) groups is 1.